The smallest absolute Gasteiger partial charge is 0.254 e. The number of likely N-dealkylation sites (tertiary alicyclic amines) is 1. The zero-order chi connectivity index (χ0) is 15.4. The van der Waals surface area contributed by atoms with E-state index in [2.05, 4.69) is 10.2 Å². The minimum Gasteiger partial charge on any atom is -0.396 e. The first-order chi connectivity index (χ1) is 9.99. The quantitative estimate of drug-likeness (QED) is 0.837. The molecule has 1 atom stereocenters. The highest BCUT2D eigenvalue weighted by Gasteiger charge is 2.19. The lowest BCUT2D eigenvalue weighted by Gasteiger charge is -2.32. The highest BCUT2D eigenvalue weighted by atomic mass is 19.1. The number of anilines is 1. The van der Waals surface area contributed by atoms with Crippen molar-refractivity contribution in [3.63, 3.8) is 0 Å². The SMILES string of the molecule is CC(CNC(=O)c1cc(N)c(F)cc1F)N1CCCCC1. The molecule has 0 bridgehead atoms. The summed E-state index contributed by atoms with van der Waals surface area (Å²) in [5.41, 5.74) is 4.92. The number of carbonyl (C=O) groups is 1. The van der Waals surface area contributed by atoms with E-state index in [4.69, 9.17) is 5.73 Å². The summed E-state index contributed by atoms with van der Waals surface area (Å²) < 4.78 is 26.7. The fraction of sp³-hybridized carbons (Fsp3) is 0.533. The largest absolute Gasteiger partial charge is 0.396 e. The van der Waals surface area contributed by atoms with Gasteiger partial charge in [0.2, 0.25) is 0 Å². The average Bonchev–Trinajstić information content (AvgIpc) is 2.49. The van der Waals surface area contributed by atoms with E-state index >= 15 is 0 Å². The third kappa shape index (κ3) is 3.91. The Morgan fingerprint density at radius 1 is 1.29 bits per heavy atom. The summed E-state index contributed by atoms with van der Waals surface area (Å²) in [5, 5.41) is 2.68. The third-order valence-corrected chi connectivity index (χ3v) is 3.90. The van der Waals surface area contributed by atoms with Crippen LogP contribution in [0.4, 0.5) is 14.5 Å². The Morgan fingerprint density at radius 2 is 1.95 bits per heavy atom. The Kier molecular flexibility index (Phi) is 5.12. The van der Waals surface area contributed by atoms with Crippen molar-refractivity contribution >= 4 is 11.6 Å². The van der Waals surface area contributed by atoms with Gasteiger partial charge >= 0.3 is 0 Å². The molecule has 1 fully saturated rings. The van der Waals surface area contributed by atoms with Crippen LogP contribution >= 0.6 is 0 Å². The van der Waals surface area contributed by atoms with Gasteiger partial charge in [0, 0.05) is 18.7 Å². The van der Waals surface area contributed by atoms with Gasteiger partial charge in [-0.3, -0.25) is 9.69 Å². The minimum atomic E-state index is -0.898. The summed E-state index contributed by atoms with van der Waals surface area (Å²) in [6.07, 6.45) is 3.58. The van der Waals surface area contributed by atoms with Gasteiger partial charge in [-0.05, 0) is 38.9 Å². The maximum absolute atomic E-state index is 13.6. The summed E-state index contributed by atoms with van der Waals surface area (Å²) in [6.45, 7) is 4.50. The molecule has 3 N–H and O–H groups in total. The van der Waals surface area contributed by atoms with Gasteiger partial charge in [0.25, 0.3) is 5.91 Å². The predicted octanol–water partition coefficient (Wildman–Crippen LogP) is 2.15. The summed E-state index contributed by atoms with van der Waals surface area (Å²) in [4.78, 5) is 14.3. The Labute approximate surface area is 123 Å². The molecule has 0 saturated carbocycles. The number of piperidine rings is 1. The van der Waals surface area contributed by atoms with E-state index in [0.717, 1.165) is 19.2 Å². The highest BCUT2D eigenvalue weighted by Crippen LogP contribution is 2.17. The number of nitrogens with two attached hydrogens (primary N) is 1. The number of nitrogens with zero attached hydrogens (tertiary/aromatic N) is 1. The van der Waals surface area contributed by atoms with Crippen LogP contribution in [-0.4, -0.2) is 36.5 Å². The standard InChI is InChI=1S/C15H21F2N3O/c1-10(20-5-3-2-4-6-20)9-19-15(21)11-7-14(18)13(17)8-12(11)16/h7-8,10H,2-6,9,18H2,1H3,(H,19,21). The van der Waals surface area contributed by atoms with Crippen LogP contribution in [0.1, 0.15) is 36.5 Å². The number of hydrogen-bond acceptors (Lipinski definition) is 3. The van der Waals surface area contributed by atoms with E-state index in [1.165, 1.54) is 19.3 Å². The molecule has 6 heteroatoms. The molecule has 1 heterocycles. The zero-order valence-corrected chi connectivity index (χ0v) is 12.2. The second-order valence-electron chi connectivity index (χ2n) is 5.51. The lowest BCUT2D eigenvalue weighted by atomic mass is 10.1. The van der Waals surface area contributed by atoms with Gasteiger partial charge in [0.05, 0.1) is 11.3 Å². The van der Waals surface area contributed by atoms with Gasteiger partial charge in [0.1, 0.15) is 11.6 Å². The molecule has 1 aliphatic rings. The minimum absolute atomic E-state index is 0.190. The van der Waals surface area contributed by atoms with E-state index in [-0.39, 0.29) is 17.3 Å². The fourth-order valence-electron chi connectivity index (χ4n) is 2.56. The first-order valence-corrected chi connectivity index (χ1v) is 7.26. The van der Waals surface area contributed by atoms with Crippen molar-refractivity contribution in [1.82, 2.24) is 10.2 Å². The molecule has 1 aliphatic heterocycles. The molecule has 4 nitrogen and oxygen atoms in total. The Morgan fingerprint density at radius 3 is 2.62 bits per heavy atom. The van der Waals surface area contributed by atoms with Gasteiger partial charge in [0.15, 0.2) is 0 Å². The van der Waals surface area contributed by atoms with E-state index in [0.29, 0.717) is 12.6 Å². The topological polar surface area (TPSA) is 58.4 Å². The number of nitrogen functional groups attached to an aromatic ring is 1. The average molecular weight is 297 g/mol. The van der Waals surface area contributed by atoms with E-state index in [9.17, 15) is 13.6 Å². The van der Waals surface area contributed by atoms with Gasteiger partial charge in [-0.25, -0.2) is 8.78 Å². The van der Waals surface area contributed by atoms with Crippen molar-refractivity contribution in [2.24, 2.45) is 0 Å². The fourth-order valence-corrected chi connectivity index (χ4v) is 2.56. The van der Waals surface area contributed by atoms with Crippen LogP contribution in [0, 0.1) is 11.6 Å². The lowest BCUT2D eigenvalue weighted by molar-refractivity contribution is 0.0926. The number of rotatable bonds is 4. The molecule has 0 spiro atoms. The van der Waals surface area contributed by atoms with Crippen molar-refractivity contribution < 1.29 is 13.6 Å². The first kappa shape index (κ1) is 15.7. The molecule has 2 rings (SSSR count). The van der Waals surface area contributed by atoms with E-state index < -0.39 is 17.5 Å². The molecule has 1 saturated heterocycles. The van der Waals surface area contributed by atoms with Crippen molar-refractivity contribution in [2.45, 2.75) is 32.2 Å². The van der Waals surface area contributed by atoms with Gasteiger partial charge in [-0.15, -0.1) is 0 Å². The van der Waals surface area contributed by atoms with Crippen molar-refractivity contribution in [3.8, 4) is 0 Å². The Hall–Kier alpha value is -1.69. The van der Waals surface area contributed by atoms with Crippen LogP contribution < -0.4 is 11.1 Å². The summed E-state index contributed by atoms with van der Waals surface area (Å²) in [5.74, 6) is -2.32. The maximum atomic E-state index is 13.6. The lowest BCUT2D eigenvalue weighted by Crippen LogP contribution is -2.44. The van der Waals surface area contributed by atoms with Gasteiger partial charge in [-0.1, -0.05) is 6.42 Å². The van der Waals surface area contributed by atoms with Crippen LogP contribution in [0.5, 0.6) is 0 Å². The van der Waals surface area contributed by atoms with E-state index in [1.54, 1.807) is 0 Å². The molecule has 21 heavy (non-hydrogen) atoms. The van der Waals surface area contributed by atoms with Crippen LogP contribution in [0.2, 0.25) is 0 Å². The number of nitrogens with one attached hydrogen (secondary N) is 1. The van der Waals surface area contributed by atoms with Crippen molar-refractivity contribution in [2.75, 3.05) is 25.4 Å². The predicted molar refractivity (Wildman–Crippen MR) is 78.0 cm³/mol. The number of carbonyl (C=O) groups excluding carboxylic acids is 1. The Bertz CT molecular complexity index is 516. The molecule has 0 aromatic heterocycles. The molecule has 1 aromatic carbocycles. The molecule has 1 amide bonds. The molecule has 1 unspecified atom stereocenters. The monoisotopic (exact) mass is 297 g/mol. The van der Waals surface area contributed by atoms with Crippen molar-refractivity contribution in [1.29, 1.82) is 0 Å². The number of hydrogen-bond donors (Lipinski definition) is 2. The number of amides is 1. The maximum Gasteiger partial charge on any atom is 0.254 e. The third-order valence-electron chi connectivity index (χ3n) is 3.90. The van der Waals surface area contributed by atoms with Gasteiger partial charge in [-0.2, -0.15) is 0 Å². The number of benzene rings is 1. The summed E-state index contributed by atoms with van der Waals surface area (Å²) in [7, 11) is 0. The zero-order valence-electron chi connectivity index (χ0n) is 12.2. The number of halogens is 2. The van der Waals surface area contributed by atoms with Gasteiger partial charge < -0.3 is 11.1 Å². The second kappa shape index (κ2) is 6.85. The van der Waals surface area contributed by atoms with Crippen LogP contribution in [0.3, 0.4) is 0 Å². The van der Waals surface area contributed by atoms with Crippen LogP contribution in [-0.2, 0) is 0 Å². The Balaban J connectivity index is 1.93. The van der Waals surface area contributed by atoms with Crippen LogP contribution in [0.25, 0.3) is 0 Å². The molecule has 0 radical (unpaired) electrons. The normalized spacial score (nSPS) is 17.5. The molecular formula is C15H21F2N3O. The highest BCUT2D eigenvalue weighted by molar-refractivity contribution is 5.95. The molecule has 1 aromatic rings. The molecular weight excluding hydrogens is 276 g/mol. The summed E-state index contributed by atoms with van der Waals surface area (Å²) in [6, 6.07) is 1.86. The molecule has 0 aliphatic carbocycles. The molecule has 116 valence electrons. The van der Waals surface area contributed by atoms with Crippen molar-refractivity contribution in [3.05, 3.63) is 29.3 Å². The van der Waals surface area contributed by atoms with Crippen LogP contribution in [0.15, 0.2) is 12.1 Å². The first-order valence-electron chi connectivity index (χ1n) is 7.26. The van der Waals surface area contributed by atoms with E-state index in [1.807, 2.05) is 6.92 Å². The summed E-state index contributed by atoms with van der Waals surface area (Å²) >= 11 is 0. The second-order valence-corrected chi connectivity index (χ2v) is 5.51.